The van der Waals surface area contributed by atoms with Crippen molar-refractivity contribution in [3.05, 3.63) is 59.0 Å². The Morgan fingerprint density at radius 1 is 1.24 bits per heavy atom. The molecule has 1 aromatic carbocycles. The zero-order valence-electron chi connectivity index (χ0n) is 13.0. The number of furan rings is 1. The van der Waals surface area contributed by atoms with Crippen LogP contribution in [-0.4, -0.2) is 23.9 Å². The number of halogens is 3. The highest BCUT2D eigenvalue weighted by atomic mass is 19.4. The van der Waals surface area contributed by atoms with Crippen molar-refractivity contribution in [1.82, 2.24) is 10.2 Å². The predicted octanol–water partition coefficient (Wildman–Crippen LogP) is 2.84. The molecule has 1 atom stereocenters. The number of nitriles is 1. The van der Waals surface area contributed by atoms with Gasteiger partial charge in [0.15, 0.2) is 0 Å². The first-order chi connectivity index (χ1) is 11.9. The summed E-state index contributed by atoms with van der Waals surface area (Å²) >= 11 is 0. The lowest BCUT2D eigenvalue weighted by Gasteiger charge is -2.34. The lowest BCUT2D eigenvalue weighted by atomic mass is 10.0. The van der Waals surface area contributed by atoms with Crippen molar-refractivity contribution in [3.63, 3.8) is 0 Å². The molecule has 1 N–H and O–H groups in total. The molecule has 130 valence electrons. The van der Waals surface area contributed by atoms with Crippen LogP contribution in [0.2, 0.25) is 0 Å². The van der Waals surface area contributed by atoms with E-state index in [1.807, 2.05) is 6.07 Å². The van der Waals surface area contributed by atoms with Crippen LogP contribution in [0.4, 0.5) is 13.2 Å². The van der Waals surface area contributed by atoms with Crippen LogP contribution in [0.15, 0.2) is 40.8 Å². The number of benzene rings is 1. The second-order valence-corrected chi connectivity index (χ2v) is 5.66. The summed E-state index contributed by atoms with van der Waals surface area (Å²) in [6.45, 7) is 1.22. The lowest BCUT2D eigenvalue weighted by molar-refractivity contribution is -0.137. The molecule has 25 heavy (non-hydrogen) atoms. The molecule has 0 bridgehead atoms. The van der Waals surface area contributed by atoms with Gasteiger partial charge in [-0.1, -0.05) is 12.1 Å². The summed E-state index contributed by atoms with van der Waals surface area (Å²) in [6, 6.07) is 8.92. The average molecular weight is 349 g/mol. The van der Waals surface area contributed by atoms with Crippen molar-refractivity contribution < 1.29 is 22.4 Å². The molecule has 0 aliphatic carbocycles. The van der Waals surface area contributed by atoms with Crippen LogP contribution in [0.5, 0.6) is 0 Å². The summed E-state index contributed by atoms with van der Waals surface area (Å²) in [6.07, 6.45) is -4.42. The van der Waals surface area contributed by atoms with Gasteiger partial charge in [-0.25, -0.2) is 0 Å². The molecule has 2 heterocycles. The number of hydrogen-bond acceptors (Lipinski definition) is 4. The van der Waals surface area contributed by atoms with Crippen LogP contribution in [0.1, 0.15) is 28.7 Å². The third-order valence-electron chi connectivity index (χ3n) is 4.00. The van der Waals surface area contributed by atoms with E-state index >= 15 is 0 Å². The molecular formula is C17H14F3N3O2. The number of amides is 1. The lowest BCUT2D eigenvalue weighted by Crippen LogP contribution is -2.49. The summed E-state index contributed by atoms with van der Waals surface area (Å²) in [7, 11) is 0. The molecule has 1 aliphatic rings. The first-order valence-corrected chi connectivity index (χ1v) is 7.56. The van der Waals surface area contributed by atoms with Gasteiger partial charge in [0.25, 0.3) is 0 Å². The monoisotopic (exact) mass is 349 g/mol. The van der Waals surface area contributed by atoms with Crippen molar-refractivity contribution in [2.75, 3.05) is 13.1 Å². The highest BCUT2D eigenvalue weighted by Crippen LogP contribution is 2.32. The maximum absolute atomic E-state index is 12.7. The number of nitrogens with one attached hydrogen (secondary N) is 1. The molecule has 1 aromatic heterocycles. The van der Waals surface area contributed by atoms with Crippen molar-refractivity contribution in [1.29, 1.82) is 5.26 Å². The highest BCUT2D eigenvalue weighted by molar-refractivity contribution is 5.83. The van der Waals surface area contributed by atoms with E-state index in [0.717, 1.165) is 12.1 Å². The second-order valence-electron chi connectivity index (χ2n) is 5.66. The van der Waals surface area contributed by atoms with Crippen LogP contribution in [0.3, 0.4) is 0 Å². The number of rotatable bonds is 3. The van der Waals surface area contributed by atoms with Crippen LogP contribution in [0, 0.1) is 11.3 Å². The van der Waals surface area contributed by atoms with E-state index in [4.69, 9.17) is 9.68 Å². The Bertz CT molecular complexity index is 806. The third kappa shape index (κ3) is 3.67. The predicted molar refractivity (Wildman–Crippen MR) is 81.0 cm³/mol. The third-order valence-corrected chi connectivity index (χ3v) is 4.00. The minimum Gasteiger partial charge on any atom is -0.449 e. The minimum absolute atomic E-state index is 0.169. The number of carbonyl (C=O) groups excluding carboxylic acids is 1. The smallest absolute Gasteiger partial charge is 0.416 e. The molecule has 0 saturated carbocycles. The van der Waals surface area contributed by atoms with Gasteiger partial charge < -0.3 is 9.73 Å². The van der Waals surface area contributed by atoms with Crippen molar-refractivity contribution >= 4 is 5.91 Å². The highest BCUT2D eigenvalue weighted by Gasteiger charge is 2.34. The zero-order chi connectivity index (χ0) is 18.0. The van der Waals surface area contributed by atoms with Gasteiger partial charge in [0.05, 0.1) is 12.1 Å². The van der Waals surface area contributed by atoms with E-state index in [1.165, 1.54) is 18.2 Å². The van der Waals surface area contributed by atoms with E-state index in [1.54, 1.807) is 11.0 Å². The van der Waals surface area contributed by atoms with Crippen LogP contribution >= 0.6 is 0 Å². The van der Waals surface area contributed by atoms with Gasteiger partial charge >= 0.3 is 6.18 Å². The molecule has 1 aliphatic heterocycles. The minimum atomic E-state index is -4.42. The molecule has 1 saturated heterocycles. The normalized spacial score (nSPS) is 18.6. The Morgan fingerprint density at radius 3 is 2.56 bits per heavy atom. The number of carbonyl (C=O) groups is 1. The van der Waals surface area contributed by atoms with Crippen LogP contribution < -0.4 is 5.32 Å². The van der Waals surface area contributed by atoms with Crippen molar-refractivity contribution in [3.8, 4) is 6.07 Å². The van der Waals surface area contributed by atoms with Gasteiger partial charge in [-0.05, 0) is 29.8 Å². The first-order valence-electron chi connectivity index (χ1n) is 7.56. The largest absolute Gasteiger partial charge is 0.449 e. The molecule has 5 nitrogen and oxygen atoms in total. The van der Waals surface area contributed by atoms with E-state index in [0.29, 0.717) is 24.4 Å². The summed E-state index contributed by atoms with van der Waals surface area (Å²) < 4.78 is 43.5. The van der Waals surface area contributed by atoms with E-state index < -0.39 is 17.8 Å². The topological polar surface area (TPSA) is 69.3 Å². The molecule has 0 radical (unpaired) electrons. The average Bonchev–Trinajstić information content (AvgIpc) is 3.02. The van der Waals surface area contributed by atoms with E-state index in [9.17, 15) is 18.0 Å². The van der Waals surface area contributed by atoms with E-state index in [2.05, 4.69) is 5.32 Å². The SMILES string of the molecule is N#Cc1ccc(CN2CCNC(=O)[C@H]2c2ccc(C(F)(F)F)cc2)o1. The maximum atomic E-state index is 12.7. The van der Waals surface area contributed by atoms with Crippen LogP contribution in [-0.2, 0) is 17.5 Å². The van der Waals surface area contributed by atoms with Gasteiger partial charge in [0, 0.05) is 13.1 Å². The van der Waals surface area contributed by atoms with Crippen molar-refractivity contribution in [2.24, 2.45) is 0 Å². The molecule has 3 rings (SSSR count). The zero-order valence-corrected chi connectivity index (χ0v) is 13.0. The second kappa shape index (κ2) is 6.61. The summed E-state index contributed by atoms with van der Waals surface area (Å²) in [5, 5.41) is 11.5. The maximum Gasteiger partial charge on any atom is 0.416 e. The summed E-state index contributed by atoms with van der Waals surface area (Å²) in [5.74, 6) is 0.406. The van der Waals surface area contributed by atoms with E-state index in [-0.39, 0.29) is 18.2 Å². The van der Waals surface area contributed by atoms with Crippen LogP contribution in [0.25, 0.3) is 0 Å². The standard InChI is InChI=1S/C17H14F3N3O2/c18-17(19,20)12-3-1-11(2-4-12)15-16(24)22-7-8-23(15)10-14-6-5-13(9-21)25-14/h1-6,15H,7-8,10H2,(H,22,24)/t15-/m1/s1. The summed E-state index contributed by atoms with van der Waals surface area (Å²) in [4.78, 5) is 14.1. The Hall–Kier alpha value is -2.79. The molecule has 2 aromatic rings. The molecule has 0 spiro atoms. The fourth-order valence-corrected chi connectivity index (χ4v) is 2.82. The quantitative estimate of drug-likeness (QED) is 0.925. The Morgan fingerprint density at radius 2 is 1.96 bits per heavy atom. The first kappa shape index (κ1) is 17.0. The van der Waals surface area contributed by atoms with Gasteiger partial charge in [0.2, 0.25) is 11.7 Å². The van der Waals surface area contributed by atoms with Gasteiger partial charge in [-0.15, -0.1) is 0 Å². The molecule has 0 unspecified atom stereocenters. The summed E-state index contributed by atoms with van der Waals surface area (Å²) in [5.41, 5.74) is -0.291. The number of alkyl halides is 3. The van der Waals surface area contributed by atoms with Crippen molar-refractivity contribution in [2.45, 2.75) is 18.8 Å². The molecule has 8 heteroatoms. The number of piperazine rings is 1. The molecule has 1 fully saturated rings. The van der Waals surface area contributed by atoms with Gasteiger partial charge in [-0.2, -0.15) is 18.4 Å². The van der Waals surface area contributed by atoms with Gasteiger partial charge in [-0.3, -0.25) is 9.69 Å². The number of hydrogen-bond donors (Lipinski definition) is 1. The fraction of sp³-hybridized carbons (Fsp3) is 0.294. The molecule has 1 amide bonds. The Kier molecular flexibility index (Phi) is 4.51. The fourth-order valence-electron chi connectivity index (χ4n) is 2.82. The molecular weight excluding hydrogens is 335 g/mol. The Labute approximate surface area is 141 Å². The Balaban J connectivity index is 1.85. The van der Waals surface area contributed by atoms with Gasteiger partial charge in [0.1, 0.15) is 17.9 Å². The number of nitrogens with zero attached hydrogens (tertiary/aromatic N) is 2.